The van der Waals surface area contributed by atoms with Crippen LogP contribution in [0.25, 0.3) is 0 Å². The highest BCUT2D eigenvalue weighted by atomic mass is 19.4. The summed E-state index contributed by atoms with van der Waals surface area (Å²) in [6.07, 6.45) is -1.46. The molecular weight excluding hydrogens is 241 g/mol. The lowest BCUT2D eigenvalue weighted by molar-refractivity contribution is -0.148. The topological polar surface area (TPSA) is 29.3 Å². The number of hydrogen-bond acceptors (Lipinski definition) is 2. The molecule has 0 aromatic heterocycles. The van der Waals surface area contributed by atoms with Crippen LogP contribution in [0.4, 0.5) is 13.2 Å². The van der Waals surface area contributed by atoms with E-state index in [0.29, 0.717) is 13.1 Å². The van der Waals surface area contributed by atoms with E-state index in [1.54, 1.807) is 4.90 Å². The van der Waals surface area contributed by atoms with Crippen molar-refractivity contribution in [2.75, 3.05) is 19.6 Å². The zero-order valence-electron chi connectivity index (χ0n) is 11.6. The number of rotatable bonds is 6. The Bertz CT molecular complexity index is 254. The Morgan fingerprint density at radius 2 is 1.78 bits per heavy atom. The average molecular weight is 266 g/mol. The van der Waals surface area contributed by atoms with E-state index in [1.165, 1.54) is 0 Å². The third-order valence-electron chi connectivity index (χ3n) is 3.17. The van der Waals surface area contributed by atoms with E-state index in [0.717, 1.165) is 19.3 Å². The second-order valence-electron chi connectivity index (χ2n) is 6.64. The second kappa shape index (κ2) is 5.78. The van der Waals surface area contributed by atoms with Crippen LogP contribution in [0.15, 0.2) is 0 Å². The van der Waals surface area contributed by atoms with E-state index in [4.69, 9.17) is 5.73 Å². The van der Waals surface area contributed by atoms with Gasteiger partial charge in [-0.2, -0.15) is 13.2 Å². The van der Waals surface area contributed by atoms with Gasteiger partial charge in [-0.3, -0.25) is 4.90 Å². The standard InChI is InChI=1S/C13H25F3N2/c1-12(2,3)6-10(7-17)8-18(11-4-5-11)9-13(14,15)16/h10-11H,4-9,17H2,1-3H3. The lowest BCUT2D eigenvalue weighted by atomic mass is 9.84. The Labute approximate surface area is 108 Å². The van der Waals surface area contributed by atoms with Gasteiger partial charge in [0.2, 0.25) is 0 Å². The van der Waals surface area contributed by atoms with E-state index >= 15 is 0 Å². The molecule has 1 atom stereocenters. The first kappa shape index (κ1) is 15.8. The molecule has 18 heavy (non-hydrogen) atoms. The van der Waals surface area contributed by atoms with Crippen LogP contribution in [0.5, 0.6) is 0 Å². The molecule has 0 heterocycles. The first-order valence-corrected chi connectivity index (χ1v) is 6.61. The fourth-order valence-electron chi connectivity index (χ4n) is 2.43. The summed E-state index contributed by atoms with van der Waals surface area (Å²) < 4.78 is 37.5. The van der Waals surface area contributed by atoms with Crippen LogP contribution in [-0.4, -0.2) is 36.8 Å². The monoisotopic (exact) mass is 266 g/mol. The van der Waals surface area contributed by atoms with Crippen molar-refractivity contribution in [3.05, 3.63) is 0 Å². The van der Waals surface area contributed by atoms with Crippen molar-refractivity contribution in [1.82, 2.24) is 4.90 Å². The van der Waals surface area contributed by atoms with E-state index in [-0.39, 0.29) is 17.4 Å². The van der Waals surface area contributed by atoms with Gasteiger partial charge in [-0.25, -0.2) is 0 Å². The van der Waals surface area contributed by atoms with Gasteiger partial charge in [0.1, 0.15) is 0 Å². The Morgan fingerprint density at radius 3 is 2.11 bits per heavy atom. The van der Waals surface area contributed by atoms with Gasteiger partial charge >= 0.3 is 6.18 Å². The predicted molar refractivity (Wildman–Crippen MR) is 67.3 cm³/mol. The number of halogens is 3. The van der Waals surface area contributed by atoms with E-state index in [2.05, 4.69) is 20.8 Å². The van der Waals surface area contributed by atoms with Gasteiger partial charge in [-0.15, -0.1) is 0 Å². The quantitative estimate of drug-likeness (QED) is 0.800. The molecule has 0 saturated heterocycles. The maximum absolute atomic E-state index is 12.5. The molecule has 2 nitrogen and oxygen atoms in total. The number of alkyl halides is 3. The van der Waals surface area contributed by atoms with Gasteiger partial charge in [-0.05, 0) is 37.1 Å². The number of hydrogen-bond donors (Lipinski definition) is 1. The SMILES string of the molecule is CC(C)(C)CC(CN)CN(CC(F)(F)F)C1CC1. The lowest BCUT2D eigenvalue weighted by Gasteiger charge is -2.31. The molecule has 1 aliphatic carbocycles. The Morgan fingerprint density at radius 1 is 1.22 bits per heavy atom. The van der Waals surface area contributed by atoms with E-state index in [9.17, 15) is 13.2 Å². The summed E-state index contributed by atoms with van der Waals surface area (Å²) in [6.45, 7) is 6.43. The first-order valence-electron chi connectivity index (χ1n) is 6.61. The molecule has 0 spiro atoms. The minimum atomic E-state index is -4.11. The third kappa shape index (κ3) is 6.59. The van der Waals surface area contributed by atoms with Crippen LogP contribution in [0.1, 0.15) is 40.0 Å². The minimum Gasteiger partial charge on any atom is -0.330 e. The van der Waals surface area contributed by atoms with Gasteiger partial charge < -0.3 is 5.73 Å². The molecule has 0 bridgehead atoms. The summed E-state index contributed by atoms with van der Waals surface area (Å²) in [5.41, 5.74) is 5.81. The lowest BCUT2D eigenvalue weighted by Crippen LogP contribution is -2.41. The molecule has 1 rings (SSSR count). The molecule has 1 saturated carbocycles. The van der Waals surface area contributed by atoms with Crippen molar-refractivity contribution in [3.63, 3.8) is 0 Å². The molecule has 1 aliphatic rings. The highest BCUT2D eigenvalue weighted by Crippen LogP contribution is 2.32. The van der Waals surface area contributed by atoms with Gasteiger partial charge in [-0.1, -0.05) is 20.8 Å². The minimum absolute atomic E-state index is 0.109. The molecule has 1 fully saturated rings. The first-order chi connectivity index (χ1) is 8.11. The van der Waals surface area contributed by atoms with Crippen LogP contribution < -0.4 is 5.73 Å². The fourth-order valence-corrected chi connectivity index (χ4v) is 2.43. The molecular formula is C13H25F3N2. The van der Waals surface area contributed by atoms with Crippen LogP contribution in [-0.2, 0) is 0 Å². The summed E-state index contributed by atoms with van der Waals surface area (Å²) in [6, 6.07) is 0.126. The van der Waals surface area contributed by atoms with E-state index < -0.39 is 12.7 Å². The average Bonchev–Trinajstić information content (AvgIpc) is 2.93. The second-order valence-corrected chi connectivity index (χ2v) is 6.64. The van der Waals surface area contributed by atoms with Crippen molar-refractivity contribution in [1.29, 1.82) is 0 Å². The van der Waals surface area contributed by atoms with Gasteiger partial charge in [0.05, 0.1) is 6.54 Å². The highest BCUT2D eigenvalue weighted by Gasteiger charge is 2.38. The zero-order chi connectivity index (χ0) is 14.0. The van der Waals surface area contributed by atoms with Crippen molar-refractivity contribution in [3.8, 4) is 0 Å². The number of nitrogens with zero attached hydrogens (tertiary/aromatic N) is 1. The van der Waals surface area contributed by atoms with Crippen molar-refractivity contribution >= 4 is 0 Å². The van der Waals surface area contributed by atoms with Crippen LogP contribution >= 0.6 is 0 Å². The summed E-state index contributed by atoms with van der Waals surface area (Å²) in [5.74, 6) is 0.146. The molecule has 0 aromatic carbocycles. The largest absolute Gasteiger partial charge is 0.401 e. The molecule has 0 aromatic rings. The Balaban J connectivity index is 2.53. The maximum Gasteiger partial charge on any atom is 0.401 e. The third-order valence-corrected chi connectivity index (χ3v) is 3.17. The van der Waals surface area contributed by atoms with Crippen LogP contribution in [0.3, 0.4) is 0 Å². The van der Waals surface area contributed by atoms with Gasteiger partial charge in [0, 0.05) is 12.6 Å². The Kier molecular flexibility index (Phi) is 5.06. The van der Waals surface area contributed by atoms with Gasteiger partial charge in [0.15, 0.2) is 0 Å². The summed E-state index contributed by atoms with van der Waals surface area (Å²) >= 11 is 0. The molecule has 2 N–H and O–H groups in total. The predicted octanol–water partition coefficient (Wildman–Crippen LogP) is 3.02. The summed E-state index contributed by atoms with van der Waals surface area (Å²) in [7, 11) is 0. The molecule has 0 aliphatic heterocycles. The molecule has 0 radical (unpaired) electrons. The fraction of sp³-hybridized carbons (Fsp3) is 1.00. The van der Waals surface area contributed by atoms with Crippen molar-refractivity contribution in [2.24, 2.45) is 17.1 Å². The number of nitrogens with two attached hydrogens (primary N) is 1. The van der Waals surface area contributed by atoms with Crippen molar-refractivity contribution < 1.29 is 13.2 Å². The summed E-state index contributed by atoms with van der Waals surface area (Å²) in [4.78, 5) is 1.57. The highest BCUT2D eigenvalue weighted by molar-refractivity contribution is 4.87. The normalized spacial score (nSPS) is 19.3. The molecule has 108 valence electrons. The van der Waals surface area contributed by atoms with Gasteiger partial charge in [0.25, 0.3) is 0 Å². The van der Waals surface area contributed by atoms with E-state index in [1.807, 2.05) is 0 Å². The van der Waals surface area contributed by atoms with Crippen LogP contribution in [0.2, 0.25) is 0 Å². The van der Waals surface area contributed by atoms with Crippen LogP contribution in [0, 0.1) is 11.3 Å². The summed E-state index contributed by atoms with van der Waals surface area (Å²) in [5, 5.41) is 0. The smallest absolute Gasteiger partial charge is 0.330 e. The molecule has 5 heteroatoms. The Hall–Kier alpha value is -0.290. The molecule has 0 amide bonds. The van der Waals surface area contributed by atoms with Crippen molar-refractivity contribution in [2.45, 2.75) is 52.3 Å². The zero-order valence-corrected chi connectivity index (χ0v) is 11.6. The molecule has 1 unspecified atom stereocenters. The maximum atomic E-state index is 12.5.